The Kier molecular flexibility index (Phi) is 6.19. The molecule has 0 unspecified atom stereocenters. The second-order valence-electron chi connectivity index (χ2n) is 5.15. The molecule has 4 N–H and O–H groups in total. The van der Waals surface area contributed by atoms with E-state index in [4.69, 9.17) is 10.5 Å². The van der Waals surface area contributed by atoms with Crippen molar-refractivity contribution in [1.82, 2.24) is 5.32 Å². The van der Waals surface area contributed by atoms with Gasteiger partial charge in [-0.1, -0.05) is 12.1 Å². The summed E-state index contributed by atoms with van der Waals surface area (Å²) in [6.07, 6.45) is 0.609. The Bertz CT molecular complexity index is 699. The van der Waals surface area contributed by atoms with Gasteiger partial charge < -0.3 is 21.1 Å². The first-order valence-electron chi connectivity index (χ1n) is 7.75. The Balaban J connectivity index is 1.78. The molecule has 2 aromatic rings. The molecule has 0 fully saturated rings. The molecule has 0 bridgehead atoms. The first-order valence-corrected chi connectivity index (χ1v) is 7.75. The van der Waals surface area contributed by atoms with Crippen molar-refractivity contribution < 1.29 is 14.3 Å². The number of ether oxygens (including phenoxy) is 1. The molecule has 0 spiro atoms. The largest absolute Gasteiger partial charge is 0.494 e. The minimum Gasteiger partial charge on any atom is -0.494 e. The van der Waals surface area contributed by atoms with Crippen molar-refractivity contribution in [3.05, 3.63) is 59.7 Å². The van der Waals surface area contributed by atoms with Gasteiger partial charge in [0.15, 0.2) is 0 Å². The standard InChI is InChI=1S/C18H21N3O3/c1-2-24-16-8-6-15(7-9-16)21-18(23)20-11-10-13-4-3-5-14(12-13)17(19)22/h3-9,12H,2,10-11H2,1H3,(H2,19,22)(H2,20,21,23). The van der Waals surface area contributed by atoms with Crippen molar-refractivity contribution in [3.8, 4) is 5.75 Å². The molecule has 0 aliphatic carbocycles. The van der Waals surface area contributed by atoms with E-state index < -0.39 is 5.91 Å². The molecule has 0 aliphatic heterocycles. The van der Waals surface area contributed by atoms with Crippen LogP contribution in [0.25, 0.3) is 0 Å². The van der Waals surface area contributed by atoms with E-state index in [1.807, 2.05) is 13.0 Å². The minimum absolute atomic E-state index is 0.287. The van der Waals surface area contributed by atoms with Crippen LogP contribution in [0.4, 0.5) is 10.5 Å². The molecular weight excluding hydrogens is 306 g/mol. The predicted molar refractivity (Wildman–Crippen MR) is 93.3 cm³/mol. The Morgan fingerprint density at radius 1 is 1.12 bits per heavy atom. The van der Waals surface area contributed by atoms with E-state index in [0.717, 1.165) is 11.3 Å². The van der Waals surface area contributed by atoms with Gasteiger partial charge in [-0.2, -0.15) is 0 Å². The number of nitrogens with two attached hydrogens (primary N) is 1. The molecule has 0 aliphatic rings. The van der Waals surface area contributed by atoms with Gasteiger partial charge in [0.05, 0.1) is 6.61 Å². The van der Waals surface area contributed by atoms with Crippen LogP contribution in [-0.2, 0) is 6.42 Å². The van der Waals surface area contributed by atoms with E-state index in [-0.39, 0.29) is 6.03 Å². The highest BCUT2D eigenvalue weighted by Crippen LogP contribution is 2.15. The topological polar surface area (TPSA) is 93.4 Å². The summed E-state index contributed by atoms with van der Waals surface area (Å²) >= 11 is 0. The third-order valence-electron chi connectivity index (χ3n) is 3.33. The lowest BCUT2D eigenvalue weighted by molar-refractivity contribution is 0.1000. The number of hydrogen-bond donors (Lipinski definition) is 3. The number of carbonyl (C=O) groups excluding carboxylic acids is 2. The van der Waals surface area contributed by atoms with Crippen LogP contribution < -0.4 is 21.1 Å². The molecule has 2 aromatic carbocycles. The number of benzene rings is 2. The van der Waals surface area contributed by atoms with E-state index in [1.165, 1.54) is 0 Å². The first kappa shape index (κ1) is 17.3. The second-order valence-corrected chi connectivity index (χ2v) is 5.15. The number of anilines is 1. The van der Waals surface area contributed by atoms with E-state index in [9.17, 15) is 9.59 Å². The van der Waals surface area contributed by atoms with Gasteiger partial charge in [0, 0.05) is 17.8 Å². The number of rotatable bonds is 7. The number of hydrogen-bond acceptors (Lipinski definition) is 3. The summed E-state index contributed by atoms with van der Waals surface area (Å²) in [6, 6.07) is 13.9. The number of primary amides is 1. The summed E-state index contributed by atoms with van der Waals surface area (Å²) < 4.78 is 5.34. The fourth-order valence-electron chi connectivity index (χ4n) is 2.18. The molecule has 0 atom stereocenters. The lowest BCUT2D eigenvalue weighted by atomic mass is 10.1. The van der Waals surface area contributed by atoms with Crippen molar-refractivity contribution in [1.29, 1.82) is 0 Å². The normalized spacial score (nSPS) is 10.0. The zero-order valence-corrected chi connectivity index (χ0v) is 13.5. The number of urea groups is 1. The molecular formula is C18H21N3O3. The van der Waals surface area contributed by atoms with Gasteiger partial charge in [0.25, 0.3) is 0 Å². The molecule has 0 saturated heterocycles. The highest BCUT2D eigenvalue weighted by Gasteiger charge is 2.04. The van der Waals surface area contributed by atoms with Gasteiger partial charge in [-0.05, 0) is 55.3 Å². The Morgan fingerprint density at radius 2 is 1.88 bits per heavy atom. The summed E-state index contributed by atoms with van der Waals surface area (Å²) in [6.45, 7) is 2.97. The fourth-order valence-corrected chi connectivity index (χ4v) is 2.18. The number of nitrogens with one attached hydrogen (secondary N) is 2. The molecule has 2 rings (SSSR count). The summed E-state index contributed by atoms with van der Waals surface area (Å²) in [7, 11) is 0. The van der Waals surface area contributed by atoms with Crippen molar-refractivity contribution >= 4 is 17.6 Å². The monoisotopic (exact) mass is 327 g/mol. The van der Waals surface area contributed by atoms with Crippen molar-refractivity contribution in [3.63, 3.8) is 0 Å². The summed E-state index contributed by atoms with van der Waals surface area (Å²) in [5.41, 5.74) is 7.34. The fraction of sp³-hybridized carbons (Fsp3) is 0.222. The lowest BCUT2D eigenvalue weighted by Crippen LogP contribution is -2.30. The Morgan fingerprint density at radius 3 is 2.54 bits per heavy atom. The Hall–Kier alpha value is -3.02. The van der Waals surface area contributed by atoms with E-state index >= 15 is 0 Å². The number of amides is 3. The molecule has 0 saturated carbocycles. The van der Waals surface area contributed by atoms with Gasteiger partial charge in [-0.15, -0.1) is 0 Å². The van der Waals surface area contributed by atoms with Crippen LogP contribution in [0, 0.1) is 0 Å². The van der Waals surface area contributed by atoms with Crippen LogP contribution in [0.15, 0.2) is 48.5 Å². The van der Waals surface area contributed by atoms with Gasteiger partial charge in [0.2, 0.25) is 5.91 Å². The molecule has 0 heterocycles. The third-order valence-corrected chi connectivity index (χ3v) is 3.33. The van der Waals surface area contributed by atoms with E-state index in [1.54, 1.807) is 42.5 Å². The van der Waals surface area contributed by atoms with Crippen molar-refractivity contribution in [2.45, 2.75) is 13.3 Å². The van der Waals surface area contributed by atoms with Crippen LogP contribution in [0.3, 0.4) is 0 Å². The maximum absolute atomic E-state index is 11.9. The van der Waals surface area contributed by atoms with Gasteiger partial charge >= 0.3 is 6.03 Å². The zero-order valence-electron chi connectivity index (χ0n) is 13.5. The number of carbonyl (C=O) groups is 2. The van der Waals surface area contributed by atoms with Gasteiger partial charge in [-0.3, -0.25) is 4.79 Å². The average Bonchev–Trinajstić information content (AvgIpc) is 2.57. The van der Waals surface area contributed by atoms with E-state index in [0.29, 0.717) is 30.8 Å². The maximum atomic E-state index is 11.9. The van der Waals surface area contributed by atoms with Gasteiger partial charge in [0.1, 0.15) is 5.75 Å². The van der Waals surface area contributed by atoms with Crippen molar-refractivity contribution in [2.24, 2.45) is 5.73 Å². The molecule has 6 nitrogen and oxygen atoms in total. The molecule has 0 radical (unpaired) electrons. The van der Waals surface area contributed by atoms with Crippen LogP contribution in [-0.4, -0.2) is 25.1 Å². The maximum Gasteiger partial charge on any atom is 0.319 e. The van der Waals surface area contributed by atoms with Crippen LogP contribution >= 0.6 is 0 Å². The lowest BCUT2D eigenvalue weighted by Gasteiger charge is -2.09. The summed E-state index contributed by atoms with van der Waals surface area (Å²) in [5.74, 6) is 0.302. The quantitative estimate of drug-likeness (QED) is 0.729. The molecule has 0 aromatic heterocycles. The van der Waals surface area contributed by atoms with Crippen LogP contribution in [0.5, 0.6) is 5.75 Å². The summed E-state index contributed by atoms with van der Waals surface area (Å²) in [5, 5.41) is 5.52. The molecule has 24 heavy (non-hydrogen) atoms. The van der Waals surface area contributed by atoms with Gasteiger partial charge in [-0.25, -0.2) is 4.79 Å². The highest BCUT2D eigenvalue weighted by atomic mass is 16.5. The average molecular weight is 327 g/mol. The van der Waals surface area contributed by atoms with Crippen LogP contribution in [0.2, 0.25) is 0 Å². The predicted octanol–water partition coefficient (Wildman–Crippen LogP) is 2.55. The highest BCUT2D eigenvalue weighted by molar-refractivity contribution is 5.93. The van der Waals surface area contributed by atoms with E-state index in [2.05, 4.69) is 10.6 Å². The second kappa shape index (κ2) is 8.57. The molecule has 126 valence electrons. The van der Waals surface area contributed by atoms with Crippen molar-refractivity contribution in [2.75, 3.05) is 18.5 Å². The zero-order chi connectivity index (χ0) is 17.4. The first-order chi connectivity index (χ1) is 11.6. The summed E-state index contributed by atoms with van der Waals surface area (Å²) in [4.78, 5) is 23.0. The SMILES string of the molecule is CCOc1ccc(NC(=O)NCCc2cccc(C(N)=O)c2)cc1. The third kappa shape index (κ3) is 5.31. The smallest absolute Gasteiger partial charge is 0.319 e. The van der Waals surface area contributed by atoms with Crippen LogP contribution in [0.1, 0.15) is 22.8 Å². The minimum atomic E-state index is -0.460. The Labute approximate surface area is 141 Å². The molecule has 6 heteroatoms. The molecule has 3 amide bonds.